The topological polar surface area (TPSA) is 520 Å². The Balaban J connectivity index is 6.71. The molecule has 8 amide bonds. The number of aliphatic hydroxyl groups is 1. The van der Waals surface area contributed by atoms with Crippen molar-refractivity contribution in [1.29, 1.82) is 0 Å². The normalized spacial score (nSPS) is 14.8. The Morgan fingerprint density at radius 2 is 0.943 bits per heavy atom. The average Bonchev–Trinajstić information content (AvgIpc) is 3.25. The number of nitrogens with zero attached hydrogens (tertiary/aromatic N) is 2. The molecular weight excluding hydrogens is 931 g/mol. The van der Waals surface area contributed by atoms with Gasteiger partial charge in [-0.3, -0.25) is 62.7 Å². The number of nitrogens with one attached hydrogen (secondary N) is 8. The van der Waals surface area contributed by atoms with Crippen LogP contribution in [0.5, 0.6) is 0 Å². The van der Waals surface area contributed by atoms with Crippen molar-refractivity contribution in [2.45, 2.75) is 141 Å². The zero-order valence-corrected chi connectivity index (χ0v) is 40.0. The fourth-order valence-electron chi connectivity index (χ4n) is 5.92. The van der Waals surface area contributed by atoms with Crippen LogP contribution < -0.4 is 71.2 Å². The maximum atomic E-state index is 14.0. The first kappa shape index (κ1) is 62.6. The molecule has 9 atom stereocenters. The number of carbonyl (C=O) groups is 11. The third kappa shape index (κ3) is 25.1. The maximum absolute atomic E-state index is 14.0. The third-order valence-electron chi connectivity index (χ3n) is 9.95. The second kappa shape index (κ2) is 31.6. The van der Waals surface area contributed by atoms with Crippen molar-refractivity contribution < 1.29 is 73.2 Å². The van der Waals surface area contributed by atoms with E-state index in [2.05, 4.69) is 52.5 Å². The molecule has 396 valence electrons. The van der Waals surface area contributed by atoms with E-state index in [1.807, 2.05) is 0 Å². The third-order valence-corrected chi connectivity index (χ3v) is 9.95. The van der Waals surface area contributed by atoms with Crippen LogP contribution in [0.1, 0.15) is 86.5 Å². The van der Waals surface area contributed by atoms with E-state index in [1.165, 1.54) is 20.8 Å². The number of rotatable bonds is 33. The average molecular weight is 1000 g/mol. The molecular formula is C40H71N15O15. The van der Waals surface area contributed by atoms with Crippen LogP contribution in [0.2, 0.25) is 0 Å². The molecule has 30 heteroatoms. The van der Waals surface area contributed by atoms with Gasteiger partial charge in [0, 0.05) is 19.5 Å². The van der Waals surface area contributed by atoms with E-state index >= 15 is 0 Å². The molecule has 0 rings (SSSR count). The van der Waals surface area contributed by atoms with Crippen molar-refractivity contribution in [2.24, 2.45) is 50.5 Å². The first-order chi connectivity index (χ1) is 32.5. The van der Waals surface area contributed by atoms with Crippen LogP contribution in [0.15, 0.2) is 9.98 Å². The Bertz CT molecular complexity index is 1910. The molecule has 0 bridgehead atoms. The zero-order chi connectivity index (χ0) is 54.0. The van der Waals surface area contributed by atoms with Gasteiger partial charge in [0.15, 0.2) is 11.9 Å². The fourth-order valence-corrected chi connectivity index (χ4v) is 5.92. The molecule has 0 fully saturated rings. The summed E-state index contributed by atoms with van der Waals surface area (Å²) in [5.41, 5.74) is 27.5. The molecule has 0 heterocycles. The molecule has 0 aromatic rings. The number of guanidine groups is 2. The minimum Gasteiger partial charge on any atom is -0.481 e. The lowest BCUT2D eigenvalue weighted by Crippen LogP contribution is -2.60. The number of carboxylic acid groups (broad SMARTS) is 3. The van der Waals surface area contributed by atoms with Crippen LogP contribution in [0.4, 0.5) is 0 Å². The summed E-state index contributed by atoms with van der Waals surface area (Å²) in [4.78, 5) is 149. The van der Waals surface area contributed by atoms with E-state index in [1.54, 1.807) is 13.8 Å². The summed E-state index contributed by atoms with van der Waals surface area (Å²) in [6.07, 6.45) is -4.31. The largest absolute Gasteiger partial charge is 0.481 e. The molecule has 0 saturated carbocycles. The lowest BCUT2D eigenvalue weighted by Gasteiger charge is -2.27. The van der Waals surface area contributed by atoms with E-state index in [4.69, 9.17) is 28.7 Å². The van der Waals surface area contributed by atoms with Crippen LogP contribution in [0.25, 0.3) is 0 Å². The van der Waals surface area contributed by atoms with Gasteiger partial charge < -0.3 is 91.6 Å². The molecule has 22 N–H and O–H groups in total. The lowest BCUT2D eigenvalue weighted by molar-refractivity contribution is -0.143. The van der Waals surface area contributed by atoms with Crippen molar-refractivity contribution >= 4 is 77.1 Å². The number of nitrogens with two attached hydrogens (primary N) is 5. The number of carboxylic acids is 3. The van der Waals surface area contributed by atoms with Crippen molar-refractivity contribution in [3.8, 4) is 0 Å². The van der Waals surface area contributed by atoms with E-state index in [-0.39, 0.29) is 56.6 Å². The summed E-state index contributed by atoms with van der Waals surface area (Å²) in [5.74, 6) is -14.3. The minimum atomic E-state index is -1.94. The van der Waals surface area contributed by atoms with Gasteiger partial charge in [0.1, 0.15) is 42.3 Å². The SMILES string of the molecule is CC(C)[C@H](N)C(=O)N[C@H](C(=O)NCC(=O)N[C@@H](CCCN=C(N)N)C(=O)N[C@@H](CCCN=C(N)N)C(=O)N[C@@H](CCC(=O)O)C(=O)N[C@@H](CC(=O)O)C(=O)N[C@H](C(=O)N[C@@H](C)C(=O)O)C(C)C)[C@@H](C)O. The number of aliphatic carboxylic acids is 3. The summed E-state index contributed by atoms with van der Waals surface area (Å²) in [7, 11) is 0. The van der Waals surface area contributed by atoms with Crippen molar-refractivity contribution in [2.75, 3.05) is 19.6 Å². The highest BCUT2D eigenvalue weighted by Crippen LogP contribution is 2.09. The first-order valence-electron chi connectivity index (χ1n) is 22.1. The number of hydrogen-bond donors (Lipinski definition) is 17. The number of aliphatic hydroxyl groups excluding tert-OH is 1. The predicted molar refractivity (Wildman–Crippen MR) is 248 cm³/mol. The van der Waals surface area contributed by atoms with E-state index in [9.17, 15) is 73.2 Å². The Morgan fingerprint density at radius 3 is 1.36 bits per heavy atom. The van der Waals surface area contributed by atoms with Crippen molar-refractivity contribution in [3.05, 3.63) is 0 Å². The van der Waals surface area contributed by atoms with E-state index < -0.39 is 151 Å². The fraction of sp³-hybridized carbons (Fsp3) is 0.675. The van der Waals surface area contributed by atoms with Gasteiger partial charge in [0.2, 0.25) is 47.3 Å². The van der Waals surface area contributed by atoms with Crippen LogP contribution >= 0.6 is 0 Å². The van der Waals surface area contributed by atoms with Crippen LogP contribution in [0.3, 0.4) is 0 Å². The van der Waals surface area contributed by atoms with Gasteiger partial charge in [0.25, 0.3) is 0 Å². The highest BCUT2D eigenvalue weighted by molar-refractivity contribution is 5.98. The summed E-state index contributed by atoms with van der Waals surface area (Å²) >= 11 is 0. The van der Waals surface area contributed by atoms with E-state index in [0.717, 1.165) is 6.92 Å². The number of carbonyl (C=O) groups excluding carboxylic acids is 8. The molecule has 0 aromatic carbocycles. The zero-order valence-electron chi connectivity index (χ0n) is 40.0. The Hall–Kier alpha value is -7.37. The van der Waals surface area contributed by atoms with Gasteiger partial charge in [-0.05, 0) is 57.8 Å². The van der Waals surface area contributed by atoms with Gasteiger partial charge in [0.05, 0.1) is 25.1 Å². The summed E-state index contributed by atoms with van der Waals surface area (Å²) in [5, 5.41) is 56.8. The number of hydrogen-bond acceptors (Lipinski definition) is 15. The van der Waals surface area contributed by atoms with Crippen LogP contribution in [-0.2, 0) is 52.7 Å². The molecule has 0 aliphatic carbocycles. The van der Waals surface area contributed by atoms with Crippen molar-refractivity contribution in [1.82, 2.24) is 42.5 Å². The van der Waals surface area contributed by atoms with Crippen molar-refractivity contribution in [3.63, 3.8) is 0 Å². The molecule has 0 aromatic heterocycles. The summed E-state index contributed by atoms with van der Waals surface area (Å²) in [6, 6.07) is -12.2. The van der Waals surface area contributed by atoms with Gasteiger partial charge >= 0.3 is 17.9 Å². The summed E-state index contributed by atoms with van der Waals surface area (Å²) in [6.45, 7) is 7.75. The predicted octanol–water partition coefficient (Wildman–Crippen LogP) is -6.93. The Labute approximate surface area is 403 Å². The second-order valence-electron chi connectivity index (χ2n) is 16.7. The van der Waals surface area contributed by atoms with E-state index in [0.29, 0.717) is 0 Å². The lowest BCUT2D eigenvalue weighted by atomic mass is 10.0. The highest BCUT2D eigenvalue weighted by Gasteiger charge is 2.35. The molecule has 0 spiro atoms. The smallest absolute Gasteiger partial charge is 0.325 e. The monoisotopic (exact) mass is 1000 g/mol. The number of amides is 8. The minimum absolute atomic E-state index is 0.00441. The van der Waals surface area contributed by atoms with Crippen LogP contribution in [-0.4, -0.2) is 172 Å². The number of aliphatic imine (C=N–C) groups is 2. The molecule has 0 radical (unpaired) electrons. The Kier molecular flexibility index (Phi) is 28.3. The van der Waals surface area contributed by atoms with Gasteiger partial charge in [-0.25, -0.2) is 0 Å². The first-order valence-corrected chi connectivity index (χ1v) is 22.1. The quantitative estimate of drug-likeness (QED) is 0.0165. The molecule has 0 aliphatic rings. The van der Waals surface area contributed by atoms with Gasteiger partial charge in [-0.2, -0.15) is 0 Å². The molecule has 70 heavy (non-hydrogen) atoms. The Morgan fingerprint density at radius 1 is 0.500 bits per heavy atom. The highest BCUT2D eigenvalue weighted by atomic mass is 16.4. The second-order valence-corrected chi connectivity index (χ2v) is 16.7. The molecule has 0 saturated heterocycles. The van der Waals surface area contributed by atoms with Gasteiger partial charge in [-0.15, -0.1) is 0 Å². The molecule has 30 nitrogen and oxygen atoms in total. The molecule has 0 unspecified atom stereocenters. The summed E-state index contributed by atoms with van der Waals surface area (Å²) < 4.78 is 0. The molecule has 0 aliphatic heterocycles. The maximum Gasteiger partial charge on any atom is 0.325 e. The van der Waals surface area contributed by atoms with Crippen LogP contribution in [0, 0.1) is 11.8 Å². The standard InChI is InChI=1S/C40H71N15O15/c1-17(2)28(41)35(66)55-30(20(6)56)36(67)48-16-25(57)50-21(9-7-13-46-39(42)43)31(62)51-22(10-8-14-47-40(44)45)32(63)52-23(11-12-26(58)59)33(64)53-24(15-27(60)61)34(65)54-29(18(3)4)37(68)49-19(5)38(69)70/h17-24,28-30,56H,7-16,41H2,1-6H3,(H,48,67)(H,49,68)(H,50,57)(H,51,62)(H,52,63)(H,53,64)(H,54,65)(H,55,66)(H,58,59)(H,60,61)(H,69,70)(H4,42,43,46)(H4,44,45,47)/t19-,20+,21-,22-,23-,24-,28-,29-,30-/m0/s1. The van der Waals surface area contributed by atoms with Gasteiger partial charge in [-0.1, -0.05) is 27.7 Å².